The maximum absolute atomic E-state index is 13.3. The van der Waals surface area contributed by atoms with Crippen molar-refractivity contribution in [1.82, 2.24) is 10.6 Å². The first-order valence-electron chi connectivity index (χ1n) is 8.10. The summed E-state index contributed by atoms with van der Waals surface area (Å²) < 4.78 is 13.3. The average molecular weight is 307 g/mol. The van der Waals surface area contributed by atoms with E-state index in [0.29, 0.717) is 12.6 Å². The molecule has 1 aliphatic carbocycles. The van der Waals surface area contributed by atoms with Gasteiger partial charge in [0.2, 0.25) is 0 Å². The van der Waals surface area contributed by atoms with E-state index in [0.717, 1.165) is 30.4 Å². The van der Waals surface area contributed by atoms with E-state index in [1.807, 2.05) is 6.92 Å². The van der Waals surface area contributed by atoms with E-state index in [2.05, 4.69) is 22.5 Å². The highest BCUT2D eigenvalue weighted by Crippen LogP contribution is 2.23. The number of phenols is 1. The molecule has 1 fully saturated rings. The van der Waals surface area contributed by atoms with Gasteiger partial charge in [0.05, 0.1) is 6.54 Å². The Labute approximate surface area is 131 Å². The molecule has 1 aromatic rings. The Hall–Kier alpha value is -1.78. The molecule has 5 heteroatoms. The summed E-state index contributed by atoms with van der Waals surface area (Å²) in [6, 6.07) is 4.83. The molecule has 0 aromatic heterocycles. The smallest absolute Gasteiger partial charge is 0.191 e. The number of phenolic OH excluding ortho intramolecular Hbond substituents is 1. The van der Waals surface area contributed by atoms with Gasteiger partial charge in [0.25, 0.3) is 0 Å². The SMILES string of the molecule is CCNC(=NCc1ccc(O)c(F)c1)NC1CCCC(C)C1. The van der Waals surface area contributed by atoms with Crippen LogP contribution in [0.25, 0.3) is 0 Å². The molecule has 0 bridgehead atoms. The van der Waals surface area contributed by atoms with Crippen molar-refractivity contribution in [2.45, 2.75) is 52.1 Å². The Bertz CT molecular complexity index is 519. The second kappa shape index (κ2) is 8.01. The third-order valence-corrected chi connectivity index (χ3v) is 4.05. The van der Waals surface area contributed by atoms with Gasteiger partial charge in [0, 0.05) is 12.6 Å². The maximum atomic E-state index is 13.3. The number of benzene rings is 1. The Morgan fingerprint density at radius 1 is 1.41 bits per heavy atom. The van der Waals surface area contributed by atoms with Crippen LogP contribution in [0.15, 0.2) is 23.2 Å². The van der Waals surface area contributed by atoms with Crippen molar-refractivity contribution in [3.63, 3.8) is 0 Å². The van der Waals surface area contributed by atoms with Crippen LogP contribution < -0.4 is 10.6 Å². The first-order chi connectivity index (χ1) is 10.6. The molecule has 0 aliphatic heterocycles. The fourth-order valence-corrected chi connectivity index (χ4v) is 2.90. The lowest BCUT2D eigenvalue weighted by Gasteiger charge is -2.28. The first-order valence-corrected chi connectivity index (χ1v) is 8.10. The number of aliphatic imine (C=N–C) groups is 1. The van der Waals surface area contributed by atoms with Crippen LogP contribution in [0.5, 0.6) is 5.75 Å². The molecule has 4 nitrogen and oxygen atoms in total. The molecule has 0 spiro atoms. The number of rotatable bonds is 4. The van der Waals surface area contributed by atoms with Gasteiger partial charge in [-0.15, -0.1) is 0 Å². The molecule has 0 radical (unpaired) electrons. The summed E-state index contributed by atoms with van der Waals surface area (Å²) in [7, 11) is 0. The molecule has 1 aliphatic rings. The van der Waals surface area contributed by atoms with Gasteiger partial charge in [0.1, 0.15) is 0 Å². The molecule has 0 amide bonds. The van der Waals surface area contributed by atoms with Gasteiger partial charge in [-0.2, -0.15) is 0 Å². The molecule has 22 heavy (non-hydrogen) atoms. The zero-order chi connectivity index (χ0) is 15.9. The van der Waals surface area contributed by atoms with Crippen LogP contribution in [-0.4, -0.2) is 23.7 Å². The highest BCUT2D eigenvalue weighted by atomic mass is 19.1. The van der Waals surface area contributed by atoms with Gasteiger partial charge in [-0.25, -0.2) is 9.38 Å². The lowest BCUT2D eigenvalue weighted by atomic mass is 9.87. The summed E-state index contributed by atoms with van der Waals surface area (Å²) in [4.78, 5) is 4.52. The van der Waals surface area contributed by atoms with Crippen LogP contribution in [0.3, 0.4) is 0 Å². The minimum Gasteiger partial charge on any atom is -0.505 e. The molecule has 0 heterocycles. The number of nitrogens with one attached hydrogen (secondary N) is 2. The summed E-state index contributed by atoms with van der Waals surface area (Å²) >= 11 is 0. The molecule has 2 atom stereocenters. The Morgan fingerprint density at radius 3 is 2.91 bits per heavy atom. The van der Waals surface area contributed by atoms with E-state index in [1.54, 1.807) is 6.07 Å². The lowest BCUT2D eigenvalue weighted by molar-refractivity contribution is 0.324. The Morgan fingerprint density at radius 2 is 2.23 bits per heavy atom. The summed E-state index contributed by atoms with van der Waals surface area (Å²) in [6.45, 7) is 5.49. The van der Waals surface area contributed by atoms with E-state index in [9.17, 15) is 9.50 Å². The van der Waals surface area contributed by atoms with Crippen LogP contribution in [0.4, 0.5) is 4.39 Å². The molecule has 0 saturated heterocycles. The van der Waals surface area contributed by atoms with Crippen molar-refractivity contribution < 1.29 is 9.50 Å². The minimum absolute atomic E-state index is 0.325. The predicted octanol–water partition coefficient (Wildman–Crippen LogP) is 3.17. The van der Waals surface area contributed by atoms with Crippen molar-refractivity contribution in [1.29, 1.82) is 0 Å². The topological polar surface area (TPSA) is 56.7 Å². The lowest BCUT2D eigenvalue weighted by Crippen LogP contribution is -2.45. The van der Waals surface area contributed by atoms with E-state index in [-0.39, 0.29) is 5.75 Å². The van der Waals surface area contributed by atoms with Crippen LogP contribution in [-0.2, 0) is 6.54 Å². The third kappa shape index (κ3) is 4.90. The predicted molar refractivity (Wildman–Crippen MR) is 87.4 cm³/mol. The maximum Gasteiger partial charge on any atom is 0.191 e. The van der Waals surface area contributed by atoms with Gasteiger partial charge in [-0.05, 0) is 43.4 Å². The molecule has 1 aromatic carbocycles. The second-order valence-corrected chi connectivity index (χ2v) is 6.09. The molecule has 1 saturated carbocycles. The fraction of sp³-hybridized carbons (Fsp3) is 0.588. The molecule has 2 rings (SSSR count). The van der Waals surface area contributed by atoms with Crippen molar-refractivity contribution in [3.8, 4) is 5.75 Å². The van der Waals surface area contributed by atoms with Crippen LogP contribution in [0.1, 0.15) is 45.1 Å². The highest BCUT2D eigenvalue weighted by molar-refractivity contribution is 5.80. The van der Waals surface area contributed by atoms with Gasteiger partial charge in [-0.1, -0.05) is 25.8 Å². The van der Waals surface area contributed by atoms with Crippen LogP contribution >= 0.6 is 0 Å². The standard InChI is InChI=1S/C17H26FN3O/c1-3-19-17(21-14-6-4-5-12(2)9-14)20-11-13-7-8-16(22)15(18)10-13/h7-8,10,12,14,22H,3-6,9,11H2,1-2H3,(H2,19,20,21). The summed E-state index contributed by atoms with van der Waals surface area (Å²) in [5.41, 5.74) is 0.740. The summed E-state index contributed by atoms with van der Waals surface area (Å²) in [5.74, 6) is 0.594. The molecular formula is C17H26FN3O. The van der Waals surface area contributed by atoms with Crippen molar-refractivity contribution in [2.75, 3.05) is 6.54 Å². The second-order valence-electron chi connectivity index (χ2n) is 6.09. The quantitative estimate of drug-likeness (QED) is 0.591. The number of aromatic hydroxyl groups is 1. The van der Waals surface area contributed by atoms with Gasteiger partial charge in [0.15, 0.2) is 17.5 Å². The molecule has 3 N–H and O–H groups in total. The van der Waals surface area contributed by atoms with E-state index < -0.39 is 5.82 Å². The van der Waals surface area contributed by atoms with Gasteiger partial charge < -0.3 is 15.7 Å². The van der Waals surface area contributed by atoms with Gasteiger partial charge >= 0.3 is 0 Å². The normalized spacial score (nSPS) is 22.4. The number of nitrogens with zero attached hydrogens (tertiary/aromatic N) is 1. The minimum atomic E-state index is -0.605. The molecule has 122 valence electrons. The number of halogens is 1. The zero-order valence-electron chi connectivity index (χ0n) is 13.4. The first kappa shape index (κ1) is 16.6. The van der Waals surface area contributed by atoms with Gasteiger partial charge in [-0.3, -0.25) is 0 Å². The van der Waals surface area contributed by atoms with Crippen molar-refractivity contribution >= 4 is 5.96 Å². The monoisotopic (exact) mass is 307 g/mol. The number of hydrogen-bond donors (Lipinski definition) is 3. The van der Waals surface area contributed by atoms with E-state index in [4.69, 9.17) is 0 Å². The molecule has 2 unspecified atom stereocenters. The van der Waals surface area contributed by atoms with E-state index in [1.165, 1.54) is 31.4 Å². The Balaban J connectivity index is 1.98. The van der Waals surface area contributed by atoms with Crippen LogP contribution in [0.2, 0.25) is 0 Å². The average Bonchev–Trinajstić information content (AvgIpc) is 2.48. The summed E-state index contributed by atoms with van der Waals surface area (Å²) in [6.07, 6.45) is 4.89. The number of hydrogen-bond acceptors (Lipinski definition) is 2. The summed E-state index contributed by atoms with van der Waals surface area (Å²) in [5, 5.41) is 15.9. The highest BCUT2D eigenvalue weighted by Gasteiger charge is 2.19. The number of guanidine groups is 1. The molecular weight excluding hydrogens is 281 g/mol. The zero-order valence-corrected chi connectivity index (χ0v) is 13.4. The van der Waals surface area contributed by atoms with Crippen LogP contribution in [0, 0.1) is 11.7 Å². The van der Waals surface area contributed by atoms with E-state index >= 15 is 0 Å². The third-order valence-electron chi connectivity index (χ3n) is 4.05. The van der Waals surface area contributed by atoms with Crippen molar-refractivity contribution in [2.24, 2.45) is 10.9 Å². The largest absolute Gasteiger partial charge is 0.505 e. The fourth-order valence-electron chi connectivity index (χ4n) is 2.90. The van der Waals surface area contributed by atoms with Crippen molar-refractivity contribution in [3.05, 3.63) is 29.6 Å². The Kier molecular flexibility index (Phi) is 6.04.